The van der Waals surface area contributed by atoms with Crippen LogP contribution in [0.2, 0.25) is 0 Å². The third kappa shape index (κ3) is 5.55. The van der Waals surface area contributed by atoms with Gasteiger partial charge in [-0.25, -0.2) is 0 Å². The van der Waals surface area contributed by atoms with Crippen LogP contribution in [0.25, 0.3) is 0 Å². The minimum Gasteiger partial charge on any atom is -0.315 e. The molecule has 0 radical (unpaired) electrons. The molecule has 0 saturated carbocycles. The zero-order chi connectivity index (χ0) is 14.3. The summed E-state index contributed by atoms with van der Waals surface area (Å²) in [4.78, 5) is 12.0. The first kappa shape index (κ1) is 15.9. The summed E-state index contributed by atoms with van der Waals surface area (Å²) >= 11 is 0. The van der Waals surface area contributed by atoms with E-state index in [0.717, 1.165) is 37.3 Å². The van der Waals surface area contributed by atoms with E-state index in [1.165, 1.54) is 0 Å². The van der Waals surface area contributed by atoms with Crippen LogP contribution in [-0.4, -0.2) is 28.2 Å². The molecule has 4 nitrogen and oxygen atoms in total. The fourth-order valence-corrected chi connectivity index (χ4v) is 2.07. The molecule has 108 valence electrons. The average Bonchev–Trinajstić information content (AvgIpc) is 2.76. The molecule has 0 aliphatic carbocycles. The van der Waals surface area contributed by atoms with Gasteiger partial charge in [0.2, 0.25) is 0 Å². The number of hydrogen-bond acceptors (Lipinski definition) is 3. The number of nitrogens with one attached hydrogen (secondary N) is 1. The van der Waals surface area contributed by atoms with E-state index in [4.69, 9.17) is 0 Å². The van der Waals surface area contributed by atoms with Crippen LogP contribution in [0.3, 0.4) is 0 Å². The molecule has 0 aliphatic heterocycles. The lowest BCUT2D eigenvalue weighted by atomic mass is 10.1. The molecule has 0 bridgehead atoms. The van der Waals surface area contributed by atoms with Crippen molar-refractivity contribution in [3.63, 3.8) is 0 Å². The number of rotatable bonds is 9. The van der Waals surface area contributed by atoms with Gasteiger partial charge in [0.15, 0.2) is 0 Å². The predicted octanol–water partition coefficient (Wildman–Crippen LogP) is 2.36. The van der Waals surface area contributed by atoms with Gasteiger partial charge in [-0.05, 0) is 32.4 Å². The monoisotopic (exact) mass is 265 g/mol. The summed E-state index contributed by atoms with van der Waals surface area (Å²) in [5.41, 5.74) is 2.13. The molecule has 1 heterocycles. The fourth-order valence-electron chi connectivity index (χ4n) is 2.07. The van der Waals surface area contributed by atoms with Gasteiger partial charge in [0.1, 0.15) is 5.78 Å². The first-order valence-corrected chi connectivity index (χ1v) is 7.37. The van der Waals surface area contributed by atoms with Crippen molar-refractivity contribution in [2.45, 2.75) is 66.0 Å². The Morgan fingerprint density at radius 1 is 1.42 bits per heavy atom. The summed E-state index contributed by atoms with van der Waals surface area (Å²) < 4.78 is 1.95. The van der Waals surface area contributed by atoms with Crippen molar-refractivity contribution in [1.82, 2.24) is 15.1 Å². The lowest BCUT2D eigenvalue weighted by molar-refractivity contribution is -0.118. The number of hydrogen-bond donors (Lipinski definition) is 1. The van der Waals surface area contributed by atoms with Gasteiger partial charge in [0, 0.05) is 31.1 Å². The van der Waals surface area contributed by atoms with Crippen molar-refractivity contribution >= 4 is 5.78 Å². The molecule has 0 spiro atoms. The largest absolute Gasteiger partial charge is 0.315 e. The summed E-state index contributed by atoms with van der Waals surface area (Å²) in [5, 5.41) is 7.80. The van der Waals surface area contributed by atoms with Crippen molar-refractivity contribution in [3.05, 3.63) is 17.5 Å². The molecule has 0 amide bonds. The van der Waals surface area contributed by atoms with Gasteiger partial charge in [-0.3, -0.25) is 9.48 Å². The molecular weight excluding hydrogens is 238 g/mol. The van der Waals surface area contributed by atoms with Gasteiger partial charge in [-0.1, -0.05) is 20.8 Å². The van der Waals surface area contributed by atoms with Crippen LogP contribution in [0.4, 0.5) is 0 Å². The normalized spacial score (nSPS) is 11.2. The molecule has 0 aliphatic rings. The highest BCUT2D eigenvalue weighted by Gasteiger charge is 2.10. The zero-order valence-corrected chi connectivity index (χ0v) is 12.7. The Morgan fingerprint density at radius 3 is 2.74 bits per heavy atom. The minimum absolute atomic E-state index is 0.308. The number of nitrogens with zero attached hydrogens (tertiary/aromatic N) is 2. The molecule has 1 N–H and O–H groups in total. The van der Waals surface area contributed by atoms with E-state index in [1.54, 1.807) is 0 Å². The Labute approximate surface area is 116 Å². The number of Topliss-reactive ketones (excluding diaryl/α,β-unsaturated/α-hetero) is 1. The highest BCUT2D eigenvalue weighted by atomic mass is 16.1. The highest BCUT2D eigenvalue weighted by Crippen LogP contribution is 2.08. The molecule has 1 aromatic heterocycles. The van der Waals surface area contributed by atoms with E-state index in [9.17, 15) is 4.79 Å². The summed E-state index contributed by atoms with van der Waals surface area (Å²) in [6.07, 6.45) is 3.00. The number of carbonyl (C=O) groups excluding carboxylic acids is 1. The maximum atomic E-state index is 12.0. The van der Waals surface area contributed by atoms with Gasteiger partial charge in [-0.2, -0.15) is 5.10 Å². The lowest BCUT2D eigenvalue weighted by Gasteiger charge is -2.07. The van der Waals surface area contributed by atoms with Crippen LogP contribution >= 0.6 is 0 Å². The second-order valence-electron chi connectivity index (χ2n) is 5.22. The van der Waals surface area contributed by atoms with Crippen molar-refractivity contribution in [3.8, 4) is 0 Å². The lowest BCUT2D eigenvalue weighted by Crippen LogP contribution is -2.24. The topological polar surface area (TPSA) is 46.9 Å². The van der Waals surface area contributed by atoms with Crippen molar-refractivity contribution in [2.75, 3.05) is 6.54 Å². The van der Waals surface area contributed by atoms with Gasteiger partial charge in [-0.15, -0.1) is 0 Å². The molecule has 0 atom stereocenters. The summed E-state index contributed by atoms with van der Waals surface area (Å²) in [7, 11) is 0. The summed E-state index contributed by atoms with van der Waals surface area (Å²) in [6.45, 7) is 10.1. The van der Waals surface area contributed by atoms with E-state index < -0.39 is 0 Å². The number of aryl methyl sites for hydroxylation is 2. The first-order valence-electron chi connectivity index (χ1n) is 7.37. The highest BCUT2D eigenvalue weighted by molar-refractivity contribution is 5.80. The number of carbonyl (C=O) groups is 1. The maximum absolute atomic E-state index is 12.0. The predicted molar refractivity (Wildman–Crippen MR) is 78.4 cm³/mol. The van der Waals surface area contributed by atoms with E-state index >= 15 is 0 Å². The second-order valence-corrected chi connectivity index (χ2v) is 5.22. The van der Waals surface area contributed by atoms with E-state index in [-0.39, 0.29) is 0 Å². The van der Waals surface area contributed by atoms with Crippen LogP contribution in [0.1, 0.15) is 51.9 Å². The van der Waals surface area contributed by atoms with Crippen LogP contribution in [0, 0.1) is 0 Å². The van der Waals surface area contributed by atoms with Gasteiger partial charge in [0.25, 0.3) is 0 Å². The molecule has 0 aromatic carbocycles. The third-order valence-electron chi connectivity index (χ3n) is 3.14. The molecule has 1 rings (SSSR count). The minimum atomic E-state index is 0.308. The molecular formula is C15H27N3O. The Hall–Kier alpha value is -1.16. The van der Waals surface area contributed by atoms with E-state index in [1.807, 2.05) is 4.68 Å². The van der Waals surface area contributed by atoms with Gasteiger partial charge < -0.3 is 5.32 Å². The van der Waals surface area contributed by atoms with Crippen LogP contribution in [0.5, 0.6) is 0 Å². The molecule has 1 aromatic rings. The Morgan fingerprint density at radius 2 is 2.16 bits per heavy atom. The fraction of sp³-hybridized carbons (Fsp3) is 0.733. The van der Waals surface area contributed by atoms with Crippen LogP contribution in [0.15, 0.2) is 6.07 Å². The van der Waals surface area contributed by atoms with Gasteiger partial charge >= 0.3 is 0 Å². The zero-order valence-electron chi connectivity index (χ0n) is 12.7. The third-order valence-corrected chi connectivity index (χ3v) is 3.14. The Balaban J connectivity index is 2.41. The Kier molecular flexibility index (Phi) is 6.78. The molecule has 0 saturated heterocycles. The molecule has 19 heavy (non-hydrogen) atoms. The van der Waals surface area contributed by atoms with Crippen LogP contribution in [-0.2, 0) is 24.2 Å². The molecule has 0 fully saturated rings. The van der Waals surface area contributed by atoms with Crippen LogP contribution < -0.4 is 5.32 Å². The Bertz CT molecular complexity index is 396. The summed E-state index contributed by atoms with van der Waals surface area (Å²) in [5.74, 6) is 0.308. The van der Waals surface area contributed by atoms with Gasteiger partial charge in [0.05, 0.1) is 5.69 Å². The quantitative estimate of drug-likeness (QED) is 0.697. The van der Waals surface area contributed by atoms with Crippen molar-refractivity contribution < 1.29 is 4.79 Å². The van der Waals surface area contributed by atoms with Crippen molar-refractivity contribution in [1.29, 1.82) is 0 Å². The van der Waals surface area contributed by atoms with Crippen molar-refractivity contribution in [2.24, 2.45) is 0 Å². The maximum Gasteiger partial charge on any atom is 0.138 e. The number of aromatic nitrogens is 2. The molecule has 4 heteroatoms. The molecule has 0 unspecified atom stereocenters. The SMILES string of the molecule is CCc1cc(CC(=O)CCCNC(C)C)n(CC)n1. The van der Waals surface area contributed by atoms with E-state index in [0.29, 0.717) is 24.7 Å². The van der Waals surface area contributed by atoms with E-state index in [2.05, 4.69) is 44.2 Å². The standard InChI is InChI=1S/C15H27N3O/c1-5-13-10-14(18(6-2)17-13)11-15(19)8-7-9-16-12(3)4/h10,12,16H,5-9,11H2,1-4H3. The second kappa shape index (κ2) is 8.10. The smallest absolute Gasteiger partial charge is 0.138 e. The summed E-state index contributed by atoms with van der Waals surface area (Å²) in [6, 6.07) is 2.55. The first-order chi connectivity index (χ1) is 9.06. The average molecular weight is 265 g/mol. The number of ketones is 1.